The van der Waals surface area contributed by atoms with Crippen LogP contribution < -0.4 is 5.32 Å². The summed E-state index contributed by atoms with van der Waals surface area (Å²) in [5.74, 6) is -0.462. The van der Waals surface area contributed by atoms with E-state index in [4.69, 9.17) is 5.11 Å². The second-order valence-corrected chi connectivity index (χ2v) is 3.96. The van der Waals surface area contributed by atoms with E-state index in [1.807, 2.05) is 30.3 Å². The van der Waals surface area contributed by atoms with Crippen molar-refractivity contribution in [3.05, 3.63) is 35.9 Å². The van der Waals surface area contributed by atoms with Crippen LogP contribution in [0, 0.1) is 0 Å². The minimum Gasteiger partial charge on any atom is -0.453 e. The lowest BCUT2D eigenvalue weighted by Crippen LogP contribution is -2.40. The monoisotopic (exact) mass is 266 g/mol. The van der Waals surface area contributed by atoms with Gasteiger partial charge in [-0.1, -0.05) is 30.3 Å². The number of benzene rings is 1. The SMILES string of the molecule is COC(=O)NC(=O)CN(CCO)Cc1ccccc1. The Balaban J connectivity index is 2.53. The second-order valence-electron chi connectivity index (χ2n) is 3.96. The average molecular weight is 266 g/mol. The number of carbonyl (C=O) groups is 2. The Bertz CT molecular complexity index is 408. The number of hydrogen-bond acceptors (Lipinski definition) is 5. The molecule has 1 rings (SSSR count). The number of imide groups is 1. The largest absolute Gasteiger partial charge is 0.453 e. The van der Waals surface area contributed by atoms with Gasteiger partial charge in [-0.2, -0.15) is 0 Å². The Morgan fingerprint density at radius 2 is 2.00 bits per heavy atom. The van der Waals surface area contributed by atoms with Crippen LogP contribution in [0.15, 0.2) is 30.3 Å². The molecule has 2 N–H and O–H groups in total. The molecule has 0 unspecified atom stereocenters. The zero-order valence-electron chi connectivity index (χ0n) is 10.8. The van der Waals surface area contributed by atoms with Crippen LogP contribution in [0.4, 0.5) is 4.79 Å². The van der Waals surface area contributed by atoms with Gasteiger partial charge in [0.2, 0.25) is 5.91 Å². The summed E-state index contributed by atoms with van der Waals surface area (Å²) in [6.45, 7) is 0.836. The summed E-state index contributed by atoms with van der Waals surface area (Å²) in [5.41, 5.74) is 1.03. The van der Waals surface area contributed by atoms with Gasteiger partial charge in [-0.15, -0.1) is 0 Å². The Morgan fingerprint density at radius 1 is 1.32 bits per heavy atom. The molecule has 0 bridgehead atoms. The summed E-state index contributed by atoms with van der Waals surface area (Å²) in [4.78, 5) is 24.2. The van der Waals surface area contributed by atoms with Gasteiger partial charge in [-0.25, -0.2) is 4.79 Å². The number of aliphatic hydroxyl groups is 1. The highest BCUT2D eigenvalue weighted by Crippen LogP contribution is 2.03. The van der Waals surface area contributed by atoms with E-state index < -0.39 is 12.0 Å². The number of aliphatic hydroxyl groups excluding tert-OH is 1. The van der Waals surface area contributed by atoms with E-state index >= 15 is 0 Å². The Kier molecular flexibility index (Phi) is 6.56. The van der Waals surface area contributed by atoms with Gasteiger partial charge in [0.25, 0.3) is 0 Å². The quantitative estimate of drug-likeness (QED) is 0.777. The molecule has 1 aromatic rings. The topological polar surface area (TPSA) is 78.9 Å². The van der Waals surface area contributed by atoms with Crippen molar-refractivity contribution in [3.63, 3.8) is 0 Å². The van der Waals surface area contributed by atoms with Crippen molar-refractivity contribution in [1.29, 1.82) is 0 Å². The zero-order valence-corrected chi connectivity index (χ0v) is 10.8. The van der Waals surface area contributed by atoms with Gasteiger partial charge in [-0.3, -0.25) is 15.0 Å². The van der Waals surface area contributed by atoms with Crippen molar-refractivity contribution in [3.8, 4) is 0 Å². The number of amides is 2. The number of rotatable bonds is 6. The van der Waals surface area contributed by atoms with Crippen LogP contribution in [0.3, 0.4) is 0 Å². The van der Waals surface area contributed by atoms with Gasteiger partial charge in [0.05, 0.1) is 20.3 Å². The van der Waals surface area contributed by atoms with Crippen molar-refractivity contribution in [2.75, 3.05) is 26.8 Å². The first-order chi connectivity index (χ1) is 9.15. The summed E-state index contributed by atoms with van der Waals surface area (Å²) in [6, 6.07) is 9.58. The van der Waals surface area contributed by atoms with Crippen LogP contribution in [-0.2, 0) is 16.1 Å². The molecule has 1 aromatic carbocycles. The molecule has 104 valence electrons. The van der Waals surface area contributed by atoms with E-state index in [0.29, 0.717) is 13.1 Å². The molecule has 2 amide bonds. The molecule has 0 aliphatic heterocycles. The highest BCUT2D eigenvalue weighted by molar-refractivity contribution is 5.92. The van der Waals surface area contributed by atoms with E-state index in [0.717, 1.165) is 5.56 Å². The van der Waals surface area contributed by atoms with Crippen LogP contribution >= 0.6 is 0 Å². The molecule has 0 heterocycles. The lowest BCUT2D eigenvalue weighted by Gasteiger charge is -2.20. The first-order valence-corrected chi connectivity index (χ1v) is 5.90. The molecule has 0 atom stereocenters. The second kappa shape index (κ2) is 8.23. The van der Waals surface area contributed by atoms with Crippen molar-refractivity contribution in [1.82, 2.24) is 10.2 Å². The maximum atomic E-state index is 11.6. The fourth-order valence-corrected chi connectivity index (χ4v) is 1.60. The Morgan fingerprint density at radius 3 is 2.58 bits per heavy atom. The number of alkyl carbamates (subject to hydrolysis) is 1. The van der Waals surface area contributed by atoms with Crippen molar-refractivity contribution < 1.29 is 19.4 Å². The van der Waals surface area contributed by atoms with E-state index in [1.165, 1.54) is 7.11 Å². The number of hydrogen-bond donors (Lipinski definition) is 2. The molecule has 0 aliphatic rings. The first kappa shape index (κ1) is 15.1. The third-order valence-corrected chi connectivity index (χ3v) is 2.46. The molecular weight excluding hydrogens is 248 g/mol. The van der Waals surface area contributed by atoms with Crippen LogP contribution in [0.1, 0.15) is 5.56 Å². The molecule has 0 fully saturated rings. The minimum absolute atomic E-state index is 0.0184. The highest BCUT2D eigenvalue weighted by Gasteiger charge is 2.13. The minimum atomic E-state index is -0.784. The lowest BCUT2D eigenvalue weighted by molar-refractivity contribution is -0.121. The molecule has 0 saturated heterocycles. The maximum absolute atomic E-state index is 11.6. The maximum Gasteiger partial charge on any atom is 0.413 e. The molecule has 0 saturated carbocycles. The Hall–Kier alpha value is -1.92. The van der Waals surface area contributed by atoms with E-state index in [9.17, 15) is 9.59 Å². The highest BCUT2D eigenvalue weighted by atomic mass is 16.5. The molecule has 0 radical (unpaired) electrons. The molecule has 6 nitrogen and oxygen atoms in total. The van der Waals surface area contributed by atoms with E-state index in [1.54, 1.807) is 4.90 Å². The summed E-state index contributed by atoms with van der Waals surface area (Å²) in [5, 5.41) is 11.1. The number of carbonyl (C=O) groups excluding carboxylic acids is 2. The summed E-state index contributed by atoms with van der Waals surface area (Å²) >= 11 is 0. The van der Waals surface area contributed by atoms with Gasteiger partial charge in [0.15, 0.2) is 0 Å². The molecule has 0 aromatic heterocycles. The Labute approximate surface area is 112 Å². The zero-order chi connectivity index (χ0) is 14.1. The van der Waals surface area contributed by atoms with Crippen LogP contribution in [0.2, 0.25) is 0 Å². The fraction of sp³-hybridized carbons (Fsp3) is 0.385. The molecule has 0 aliphatic carbocycles. The molecule has 6 heteroatoms. The fourth-order valence-electron chi connectivity index (χ4n) is 1.60. The third-order valence-electron chi connectivity index (χ3n) is 2.46. The van der Waals surface area contributed by atoms with Crippen molar-refractivity contribution in [2.24, 2.45) is 0 Å². The van der Waals surface area contributed by atoms with Gasteiger partial charge in [0.1, 0.15) is 0 Å². The van der Waals surface area contributed by atoms with Crippen LogP contribution in [-0.4, -0.2) is 48.8 Å². The molecular formula is C13H18N2O4. The number of ether oxygens (including phenoxy) is 1. The van der Waals surface area contributed by atoms with E-state index in [-0.39, 0.29) is 13.2 Å². The van der Waals surface area contributed by atoms with E-state index in [2.05, 4.69) is 10.1 Å². The summed E-state index contributed by atoms with van der Waals surface area (Å²) < 4.78 is 4.34. The summed E-state index contributed by atoms with van der Waals surface area (Å²) in [6.07, 6.45) is -0.784. The predicted octanol–water partition coefficient (Wildman–Crippen LogP) is 0.363. The molecule has 19 heavy (non-hydrogen) atoms. The van der Waals surface area contributed by atoms with Crippen LogP contribution in [0.25, 0.3) is 0 Å². The average Bonchev–Trinajstić information content (AvgIpc) is 2.39. The van der Waals surface area contributed by atoms with Gasteiger partial charge >= 0.3 is 6.09 Å². The third kappa shape index (κ3) is 5.98. The van der Waals surface area contributed by atoms with Crippen molar-refractivity contribution in [2.45, 2.75) is 6.54 Å². The standard InChI is InChI=1S/C13H18N2O4/c1-19-13(18)14-12(17)10-15(7-8-16)9-11-5-3-2-4-6-11/h2-6,16H,7-10H2,1H3,(H,14,17,18). The number of methoxy groups -OCH3 is 1. The smallest absolute Gasteiger partial charge is 0.413 e. The van der Waals surface area contributed by atoms with Gasteiger partial charge < -0.3 is 9.84 Å². The number of nitrogens with zero attached hydrogens (tertiary/aromatic N) is 1. The molecule has 0 spiro atoms. The van der Waals surface area contributed by atoms with Gasteiger partial charge in [-0.05, 0) is 5.56 Å². The van der Waals surface area contributed by atoms with Crippen molar-refractivity contribution >= 4 is 12.0 Å². The summed E-state index contributed by atoms with van der Waals surface area (Å²) in [7, 11) is 1.19. The lowest BCUT2D eigenvalue weighted by atomic mass is 10.2. The van der Waals surface area contributed by atoms with Gasteiger partial charge in [0, 0.05) is 13.1 Å². The normalized spacial score (nSPS) is 10.3. The predicted molar refractivity (Wildman–Crippen MR) is 69.4 cm³/mol. The first-order valence-electron chi connectivity index (χ1n) is 5.90. The van der Waals surface area contributed by atoms with Crippen LogP contribution in [0.5, 0.6) is 0 Å². The number of nitrogens with one attached hydrogen (secondary N) is 1.